The molecule has 5 rings (SSSR count). The van der Waals surface area contributed by atoms with E-state index in [1.807, 2.05) is 17.9 Å². The van der Waals surface area contributed by atoms with Crippen LogP contribution in [0, 0.1) is 17.0 Å². The molecular weight excluding hydrogens is 488 g/mol. The highest BCUT2D eigenvalue weighted by molar-refractivity contribution is 7.10. The van der Waals surface area contributed by atoms with Crippen LogP contribution in [-0.4, -0.2) is 70.2 Å². The normalized spacial score (nSPS) is 18.8. The molecule has 2 amide bonds. The molecule has 0 spiro atoms. The van der Waals surface area contributed by atoms with Crippen LogP contribution in [0.25, 0.3) is 0 Å². The van der Waals surface area contributed by atoms with Crippen molar-refractivity contribution in [1.82, 2.24) is 14.7 Å². The number of amides is 2. The number of piperazine rings is 1. The monoisotopic (exact) mass is 518 g/mol. The summed E-state index contributed by atoms with van der Waals surface area (Å²) in [7, 11) is 0. The van der Waals surface area contributed by atoms with Gasteiger partial charge in [-0.15, -0.1) is 11.3 Å². The van der Waals surface area contributed by atoms with E-state index >= 15 is 0 Å². The van der Waals surface area contributed by atoms with E-state index in [0.717, 1.165) is 13.0 Å². The first-order chi connectivity index (χ1) is 17.8. The molecule has 2 aromatic carbocycles. The third-order valence-corrected chi connectivity index (χ3v) is 8.54. The molecule has 2 aliphatic rings. The Morgan fingerprint density at radius 2 is 1.62 bits per heavy atom. The lowest BCUT2D eigenvalue weighted by molar-refractivity contribution is -0.384. The van der Waals surface area contributed by atoms with Crippen LogP contribution in [0.1, 0.15) is 44.9 Å². The molecule has 0 aliphatic carbocycles. The Kier molecular flexibility index (Phi) is 7.08. The topological polar surface area (TPSA) is 87.0 Å². The second-order valence-electron chi connectivity index (χ2n) is 9.64. The SMILES string of the molecule is Cc1ccccc1C1c2ccsc2CCN1C(C)C(=O)N1CCN(C(=O)c2ccc([N+](=O)[O-])cc2)CC1. The van der Waals surface area contributed by atoms with Gasteiger partial charge in [-0.1, -0.05) is 24.3 Å². The van der Waals surface area contributed by atoms with Gasteiger partial charge in [0.2, 0.25) is 5.91 Å². The van der Waals surface area contributed by atoms with Crippen molar-refractivity contribution in [1.29, 1.82) is 0 Å². The lowest BCUT2D eigenvalue weighted by Gasteiger charge is -2.43. The van der Waals surface area contributed by atoms with E-state index in [0.29, 0.717) is 31.7 Å². The number of hydrogen-bond acceptors (Lipinski definition) is 6. The number of carbonyl (C=O) groups excluding carboxylic acids is 2. The van der Waals surface area contributed by atoms with Crippen molar-refractivity contribution in [2.24, 2.45) is 0 Å². The smallest absolute Gasteiger partial charge is 0.269 e. The molecule has 2 aliphatic heterocycles. The summed E-state index contributed by atoms with van der Waals surface area (Å²) in [5.41, 5.74) is 4.12. The average molecular weight is 519 g/mol. The molecule has 3 aromatic rings. The fraction of sp³-hybridized carbons (Fsp3) is 0.357. The minimum absolute atomic E-state index is 0.0418. The third kappa shape index (κ3) is 4.89. The van der Waals surface area contributed by atoms with Crippen LogP contribution in [0.5, 0.6) is 0 Å². The molecule has 2 unspecified atom stereocenters. The number of nitro benzene ring substituents is 1. The molecule has 1 aromatic heterocycles. The summed E-state index contributed by atoms with van der Waals surface area (Å²) >= 11 is 1.79. The van der Waals surface area contributed by atoms with Gasteiger partial charge >= 0.3 is 0 Å². The second-order valence-corrected chi connectivity index (χ2v) is 10.6. The van der Waals surface area contributed by atoms with Crippen LogP contribution >= 0.6 is 11.3 Å². The Morgan fingerprint density at radius 1 is 0.946 bits per heavy atom. The van der Waals surface area contributed by atoms with E-state index in [9.17, 15) is 19.7 Å². The van der Waals surface area contributed by atoms with E-state index < -0.39 is 4.92 Å². The molecule has 8 nitrogen and oxygen atoms in total. The van der Waals surface area contributed by atoms with Crippen molar-refractivity contribution in [3.05, 3.63) is 97.2 Å². The predicted octanol–water partition coefficient (Wildman–Crippen LogP) is 4.29. The van der Waals surface area contributed by atoms with E-state index in [1.54, 1.807) is 16.2 Å². The first kappa shape index (κ1) is 25.1. The molecule has 0 N–H and O–H groups in total. The maximum atomic E-state index is 13.7. The van der Waals surface area contributed by atoms with Gasteiger partial charge in [-0.3, -0.25) is 24.6 Å². The number of carbonyl (C=O) groups is 2. The maximum absolute atomic E-state index is 13.7. The van der Waals surface area contributed by atoms with Gasteiger partial charge < -0.3 is 9.80 Å². The number of thiophene rings is 1. The lowest BCUT2D eigenvalue weighted by Crippen LogP contribution is -2.56. The van der Waals surface area contributed by atoms with E-state index in [4.69, 9.17) is 0 Å². The van der Waals surface area contributed by atoms with Crippen molar-refractivity contribution in [2.45, 2.75) is 32.4 Å². The van der Waals surface area contributed by atoms with Crippen LogP contribution < -0.4 is 0 Å². The summed E-state index contributed by atoms with van der Waals surface area (Å²) in [4.78, 5) is 44.3. The van der Waals surface area contributed by atoms with Gasteiger partial charge in [-0.05, 0) is 60.5 Å². The molecule has 2 atom stereocenters. The fourth-order valence-electron chi connectivity index (χ4n) is 5.44. The number of hydrogen-bond donors (Lipinski definition) is 0. The number of fused-ring (bicyclic) bond motifs is 1. The highest BCUT2D eigenvalue weighted by Crippen LogP contribution is 2.40. The van der Waals surface area contributed by atoms with Crippen LogP contribution in [0.2, 0.25) is 0 Å². The zero-order chi connectivity index (χ0) is 26.1. The standard InChI is InChI=1S/C28H30N4O4S/c1-19-5-3-4-6-23(19)26-24-12-18-37-25(24)11-13-31(26)20(2)27(33)29-14-16-30(17-15-29)28(34)21-7-9-22(10-8-21)32(35)36/h3-10,12,18,20,26H,11,13-17H2,1-2H3. The van der Waals surface area contributed by atoms with Gasteiger partial charge in [-0.25, -0.2) is 0 Å². The molecule has 0 radical (unpaired) electrons. The molecule has 9 heteroatoms. The van der Waals surface area contributed by atoms with Crippen LogP contribution in [0.4, 0.5) is 5.69 Å². The Hall–Kier alpha value is -3.56. The summed E-state index contributed by atoms with van der Waals surface area (Å²) in [5, 5.41) is 13.0. The van der Waals surface area contributed by atoms with Crippen LogP contribution in [-0.2, 0) is 11.2 Å². The molecule has 37 heavy (non-hydrogen) atoms. The van der Waals surface area contributed by atoms with Crippen molar-refractivity contribution in [3.8, 4) is 0 Å². The van der Waals surface area contributed by atoms with Gasteiger partial charge in [0.15, 0.2) is 0 Å². The minimum Gasteiger partial charge on any atom is -0.338 e. The second kappa shape index (κ2) is 10.4. The zero-order valence-electron chi connectivity index (χ0n) is 21.0. The van der Waals surface area contributed by atoms with Gasteiger partial charge in [0, 0.05) is 55.3 Å². The predicted molar refractivity (Wildman–Crippen MR) is 143 cm³/mol. The first-order valence-corrected chi connectivity index (χ1v) is 13.4. The van der Waals surface area contributed by atoms with Crippen molar-refractivity contribution in [2.75, 3.05) is 32.7 Å². The number of nitrogens with zero attached hydrogens (tertiary/aromatic N) is 4. The Labute approximate surface area is 220 Å². The molecule has 0 bridgehead atoms. The molecule has 1 saturated heterocycles. The lowest BCUT2D eigenvalue weighted by atomic mass is 9.89. The Morgan fingerprint density at radius 3 is 2.30 bits per heavy atom. The number of aryl methyl sites for hydroxylation is 1. The maximum Gasteiger partial charge on any atom is 0.269 e. The summed E-state index contributed by atoms with van der Waals surface area (Å²) in [6.45, 7) is 6.75. The highest BCUT2D eigenvalue weighted by atomic mass is 32.1. The summed E-state index contributed by atoms with van der Waals surface area (Å²) in [5.74, 6) is -0.0876. The van der Waals surface area contributed by atoms with Crippen LogP contribution in [0.3, 0.4) is 0 Å². The minimum atomic E-state index is -0.481. The molecule has 1 fully saturated rings. The molecule has 0 saturated carbocycles. The van der Waals surface area contributed by atoms with Crippen molar-refractivity contribution >= 4 is 28.8 Å². The fourth-order valence-corrected chi connectivity index (χ4v) is 6.34. The van der Waals surface area contributed by atoms with Gasteiger partial charge in [0.1, 0.15) is 0 Å². The van der Waals surface area contributed by atoms with Crippen LogP contribution in [0.15, 0.2) is 60.0 Å². The van der Waals surface area contributed by atoms with Crippen molar-refractivity contribution < 1.29 is 14.5 Å². The summed E-state index contributed by atoms with van der Waals surface area (Å²) in [6, 6.07) is 16.0. The van der Waals surface area contributed by atoms with Gasteiger partial charge in [0.25, 0.3) is 11.6 Å². The van der Waals surface area contributed by atoms with Gasteiger partial charge in [0.05, 0.1) is 17.0 Å². The van der Waals surface area contributed by atoms with E-state index in [-0.39, 0.29) is 29.6 Å². The van der Waals surface area contributed by atoms with Gasteiger partial charge in [-0.2, -0.15) is 0 Å². The van der Waals surface area contributed by atoms with E-state index in [1.165, 1.54) is 45.8 Å². The average Bonchev–Trinajstić information content (AvgIpc) is 3.41. The van der Waals surface area contributed by atoms with Crippen molar-refractivity contribution in [3.63, 3.8) is 0 Å². The first-order valence-electron chi connectivity index (χ1n) is 12.5. The largest absolute Gasteiger partial charge is 0.338 e. The number of nitro groups is 1. The highest BCUT2D eigenvalue weighted by Gasteiger charge is 2.38. The number of non-ortho nitro benzene ring substituents is 1. The number of rotatable bonds is 5. The quantitative estimate of drug-likeness (QED) is 0.372. The molecular formula is C28H30N4O4S. The van der Waals surface area contributed by atoms with E-state index in [2.05, 4.69) is 41.5 Å². The Bertz CT molecular complexity index is 1310. The zero-order valence-corrected chi connectivity index (χ0v) is 21.8. The summed E-state index contributed by atoms with van der Waals surface area (Å²) < 4.78 is 0. The molecule has 3 heterocycles. The summed E-state index contributed by atoms with van der Waals surface area (Å²) in [6.07, 6.45) is 0.935. The third-order valence-electron chi connectivity index (χ3n) is 7.54. The Balaban J connectivity index is 1.27. The number of benzene rings is 2. The molecule has 192 valence electrons.